The Morgan fingerprint density at radius 2 is 1.90 bits per heavy atom. The van der Waals surface area contributed by atoms with Crippen LogP contribution in [0.15, 0.2) is 54.6 Å². The SMILES string of the molecule is O=C1N[C@]2(C(=O)NS(=O)(=O)C3CC3)C[C@H]2/C=C\CCCCC[C@H](Nc2cccc(C(F)(F)F)c2)C(=O)N2C[C@H](Oc3nc4ccc(Cl)cc4s3)C[C@@H]12. The van der Waals surface area contributed by atoms with Crippen molar-refractivity contribution in [1.82, 2.24) is 19.9 Å². The van der Waals surface area contributed by atoms with E-state index in [9.17, 15) is 36.0 Å². The number of ether oxygens (including phenoxy) is 1. The Bertz CT molecular complexity index is 2020. The number of carbonyl (C=O) groups is 3. The smallest absolute Gasteiger partial charge is 0.416 e. The minimum atomic E-state index is -4.59. The Kier molecular flexibility index (Phi) is 9.93. The number of sulfonamides is 1. The van der Waals surface area contributed by atoms with Gasteiger partial charge in [-0.2, -0.15) is 13.2 Å². The Morgan fingerprint density at radius 1 is 1.10 bits per heavy atom. The molecule has 0 unspecified atom stereocenters. The molecule has 52 heavy (non-hydrogen) atoms. The molecule has 3 fully saturated rings. The van der Waals surface area contributed by atoms with Crippen LogP contribution in [0.5, 0.6) is 5.19 Å². The van der Waals surface area contributed by atoms with Gasteiger partial charge in [0.15, 0.2) is 0 Å². The first kappa shape index (κ1) is 36.5. The standard InChI is InChI=1S/C35H37ClF3N5O6S2/c36-22-11-14-26-29(16-22)51-33(41-26)50-24-17-28-30(45)42-34(32(47)43-52(48,49)25-12-13-25)18-21(34)7-4-2-1-3-5-10-27(31(46)44(28)19-24)40-23-9-6-8-20(15-23)35(37,38)39/h4,6-9,11,14-16,21,24-25,27-28,40H,1-3,5,10,12-13,17-19H2,(H,42,45)(H,43,47)/b7-4-/t21-,24-,27+,28+,34-/m1/s1. The highest BCUT2D eigenvalue weighted by Gasteiger charge is 2.62. The first-order chi connectivity index (χ1) is 24.7. The van der Waals surface area contributed by atoms with Crippen LogP contribution < -0.4 is 20.1 Å². The third kappa shape index (κ3) is 7.88. The Morgan fingerprint density at radius 3 is 2.67 bits per heavy atom. The molecule has 5 atom stereocenters. The van der Waals surface area contributed by atoms with Gasteiger partial charge in [0.05, 0.1) is 27.6 Å². The number of hydrogen-bond acceptors (Lipinski definition) is 9. The molecular weight excluding hydrogens is 743 g/mol. The van der Waals surface area contributed by atoms with Crippen LogP contribution in [0.2, 0.25) is 5.02 Å². The molecule has 3 heterocycles. The molecule has 0 spiro atoms. The molecule has 2 aliphatic carbocycles. The van der Waals surface area contributed by atoms with E-state index in [0.717, 1.165) is 23.3 Å². The fourth-order valence-electron chi connectivity index (χ4n) is 6.90. The number of hydrogen-bond donors (Lipinski definition) is 3. The number of halogens is 4. The highest BCUT2D eigenvalue weighted by atomic mass is 35.5. The molecule has 0 bridgehead atoms. The quantitative estimate of drug-likeness (QED) is 0.255. The molecule has 2 aliphatic heterocycles. The molecule has 1 saturated heterocycles. The van der Waals surface area contributed by atoms with Gasteiger partial charge in [-0.05, 0) is 74.9 Å². The Hall–Kier alpha value is -3.89. The van der Waals surface area contributed by atoms with Crippen LogP contribution in [0.25, 0.3) is 10.2 Å². The van der Waals surface area contributed by atoms with Gasteiger partial charge in [-0.1, -0.05) is 54.0 Å². The zero-order valence-electron chi connectivity index (χ0n) is 27.8. The second kappa shape index (κ2) is 14.2. The number of aromatic nitrogens is 1. The predicted molar refractivity (Wildman–Crippen MR) is 189 cm³/mol. The molecule has 3 amide bonds. The highest BCUT2D eigenvalue weighted by Crippen LogP contribution is 2.46. The summed E-state index contributed by atoms with van der Waals surface area (Å²) < 4.78 is 75.4. The van der Waals surface area contributed by atoms with Crippen molar-refractivity contribution in [3.63, 3.8) is 0 Å². The zero-order chi connectivity index (χ0) is 36.8. The average molecular weight is 780 g/mol. The number of fused-ring (bicyclic) bond motifs is 3. The molecule has 7 rings (SSSR count). The van der Waals surface area contributed by atoms with Crippen molar-refractivity contribution in [2.45, 2.75) is 92.9 Å². The molecule has 278 valence electrons. The number of carbonyl (C=O) groups excluding carboxylic acids is 3. The lowest BCUT2D eigenvalue weighted by Crippen LogP contribution is -2.57. The van der Waals surface area contributed by atoms with Gasteiger partial charge in [0.25, 0.3) is 11.1 Å². The molecule has 1 aromatic heterocycles. The first-order valence-corrected chi connectivity index (χ1v) is 20.0. The Labute approximate surface area is 307 Å². The fourth-order valence-corrected chi connectivity index (χ4v) is 9.43. The van der Waals surface area contributed by atoms with Gasteiger partial charge in [0.1, 0.15) is 23.7 Å². The maximum Gasteiger partial charge on any atom is 0.416 e. The lowest BCUT2D eigenvalue weighted by Gasteiger charge is -2.30. The second-order valence-corrected chi connectivity index (χ2v) is 17.3. The third-order valence-corrected chi connectivity index (χ3v) is 12.9. The minimum Gasteiger partial charge on any atom is -0.465 e. The lowest BCUT2D eigenvalue weighted by molar-refractivity contribution is -0.140. The number of amides is 3. The molecule has 17 heteroatoms. The number of nitrogens with zero attached hydrogens (tertiary/aromatic N) is 2. The molecule has 2 saturated carbocycles. The number of allylic oxidation sites excluding steroid dienone is 1. The van der Waals surface area contributed by atoms with Crippen molar-refractivity contribution in [2.75, 3.05) is 11.9 Å². The van der Waals surface area contributed by atoms with E-state index in [0.29, 0.717) is 47.8 Å². The summed E-state index contributed by atoms with van der Waals surface area (Å²) in [4.78, 5) is 48.2. The summed E-state index contributed by atoms with van der Waals surface area (Å²) in [6.07, 6.45) is 2.47. The number of benzene rings is 2. The number of anilines is 1. The van der Waals surface area contributed by atoms with Crippen molar-refractivity contribution in [3.05, 3.63) is 65.2 Å². The summed E-state index contributed by atoms with van der Waals surface area (Å²) >= 11 is 7.40. The van der Waals surface area contributed by atoms with Crippen LogP contribution in [-0.4, -0.2) is 71.5 Å². The predicted octanol–water partition coefficient (Wildman–Crippen LogP) is 5.80. The van der Waals surface area contributed by atoms with E-state index in [1.165, 1.54) is 28.4 Å². The number of nitrogens with one attached hydrogen (secondary N) is 3. The van der Waals surface area contributed by atoms with Gasteiger partial charge in [0.2, 0.25) is 21.8 Å². The van der Waals surface area contributed by atoms with Crippen LogP contribution in [0.3, 0.4) is 0 Å². The largest absolute Gasteiger partial charge is 0.465 e. The Balaban J connectivity index is 1.19. The van der Waals surface area contributed by atoms with Gasteiger partial charge >= 0.3 is 6.18 Å². The normalized spacial score (nSPS) is 27.8. The maximum atomic E-state index is 14.5. The average Bonchev–Trinajstić information content (AvgIpc) is 3.98. The van der Waals surface area contributed by atoms with E-state index < -0.39 is 74.4 Å². The van der Waals surface area contributed by atoms with E-state index in [1.54, 1.807) is 18.2 Å². The first-order valence-electron chi connectivity index (χ1n) is 17.2. The van der Waals surface area contributed by atoms with Gasteiger partial charge in [0, 0.05) is 23.0 Å². The molecular formula is C35H37ClF3N5O6S2. The lowest BCUT2D eigenvalue weighted by atomic mass is 10.0. The van der Waals surface area contributed by atoms with Crippen LogP contribution >= 0.6 is 22.9 Å². The van der Waals surface area contributed by atoms with Gasteiger partial charge in [-0.15, -0.1) is 0 Å². The van der Waals surface area contributed by atoms with E-state index >= 15 is 0 Å². The van der Waals surface area contributed by atoms with Gasteiger partial charge in [-0.3, -0.25) is 19.1 Å². The van der Waals surface area contributed by atoms with Crippen LogP contribution in [0.1, 0.15) is 63.4 Å². The van der Waals surface area contributed by atoms with Crippen LogP contribution in [-0.2, 0) is 30.6 Å². The molecule has 3 N–H and O–H groups in total. The van der Waals surface area contributed by atoms with E-state index in [1.807, 2.05) is 12.2 Å². The van der Waals surface area contributed by atoms with Crippen molar-refractivity contribution < 1.29 is 40.7 Å². The van der Waals surface area contributed by atoms with Gasteiger partial charge in [-0.25, -0.2) is 13.4 Å². The number of thiazole rings is 1. The summed E-state index contributed by atoms with van der Waals surface area (Å²) in [5.74, 6) is -2.47. The molecule has 11 nitrogen and oxygen atoms in total. The zero-order valence-corrected chi connectivity index (χ0v) is 30.2. The van der Waals surface area contributed by atoms with E-state index in [2.05, 4.69) is 20.3 Å². The monoisotopic (exact) mass is 779 g/mol. The molecule has 4 aliphatic rings. The maximum absolute atomic E-state index is 14.5. The van der Waals surface area contributed by atoms with E-state index in [-0.39, 0.29) is 31.5 Å². The van der Waals surface area contributed by atoms with Crippen LogP contribution in [0.4, 0.5) is 18.9 Å². The second-order valence-electron chi connectivity index (χ2n) is 13.9. The highest BCUT2D eigenvalue weighted by molar-refractivity contribution is 7.91. The summed E-state index contributed by atoms with van der Waals surface area (Å²) in [5.41, 5.74) is -1.66. The van der Waals surface area contributed by atoms with E-state index in [4.69, 9.17) is 16.3 Å². The van der Waals surface area contributed by atoms with Gasteiger partial charge < -0.3 is 20.3 Å². The van der Waals surface area contributed by atoms with Crippen molar-refractivity contribution in [3.8, 4) is 5.19 Å². The molecule has 0 radical (unpaired) electrons. The number of alkyl halides is 3. The third-order valence-electron chi connectivity index (χ3n) is 9.97. The molecule has 3 aromatic rings. The van der Waals surface area contributed by atoms with Crippen molar-refractivity contribution in [1.29, 1.82) is 0 Å². The summed E-state index contributed by atoms with van der Waals surface area (Å²) in [6.45, 7) is -0.0487. The summed E-state index contributed by atoms with van der Waals surface area (Å²) in [7, 11) is -3.92. The number of rotatable bonds is 7. The van der Waals surface area contributed by atoms with Crippen LogP contribution in [0, 0.1) is 5.92 Å². The fraction of sp³-hybridized carbons (Fsp3) is 0.486. The molecule has 2 aromatic carbocycles. The summed E-state index contributed by atoms with van der Waals surface area (Å²) in [6, 6.07) is 7.65. The topological polar surface area (TPSA) is 147 Å². The van der Waals surface area contributed by atoms with Crippen molar-refractivity contribution >= 4 is 66.6 Å². The van der Waals surface area contributed by atoms with Crippen molar-refractivity contribution in [2.24, 2.45) is 5.92 Å². The minimum absolute atomic E-state index is 0.0170. The summed E-state index contributed by atoms with van der Waals surface area (Å²) in [5, 5.41) is 5.99.